The Hall–Kier alpha value is -2.19. The molecule has 2 aromatic rings. The monoisotopic (exact) mass is 359 g/mol. The van der Waals surface area contributed by atoms with Crippen molar-refractivity contribution in [1.29, 1.82) is 0 Å². The SMILES string of the molecule is Cc1cc(CN2CCC[C@H](n3ncc(N4CCOCC4)cc3=O)C2)no1. The van der Waals surface area contributed by atoms with E-state index in [2.05, 4.69) is 20.1 Å². The predicted octanol–water partition coefficient (Wildman–Crippen LogP) is 1.21. The highest BCUT2D eigenvalue weighted by Crippen LogP contribution is 2.22. The Morgan fingerprint density at radius 2 is 2.08 bits per heavy atom. The molecule has 8 nitrogen and oxygen atoms in total. The van der Waals surface area contributed by atoms with Crippen molar-refractivity contribution in [2.45, 2.75) is 32.4 Å². The molecule has 2 aliphatic rings. The smallest absolute Gasteiger partial charge is 0.269 e. The number of piperidine rings is 1. The minimum atomic E-state index is -0.0295. The number of aromatic nitrogens is 3. The maximum Gasteiger partial charge on any atom is 0.269 e. The zero-order valence-corrected chi connectivity index (χ0v) is 15.1. The highest BCUT2D eigenvalue weighted by atomic mass is 16.5. The van der Waals surface area contributed by atoms with Crippen molar-refractivity contribution in [2.24, 2.45) is 0 Å². The van der Waals surface area contributed by atoms with E-state index in [0.29, 0.717) is 13.2 Å². The van der Waals surface area contributed by atoms with Crippen LogP contribution in [0.25, 0.3) is 0 Å². The summed E-state index contributed by atoms with van der Waals surface area (Å²) in [6, 6.07) is 3.77. The molecule has 26 heavy (non-hydrogen) atoms. The minimum Gasteiger partial charge on any atom is -0.378 e. The van der Waals surface area contributed by atoms with Gasteiger partial charge in [0.25, 0.3) is 5.56 Å². The Morgan fingerprint density at radius 3 is 2.81 bits per heavy atom. The maximum absolute atomic E-state index is 12.6. The van der Waals surface area contributed by atoms with Gasteiger partial charge in [-0.1, -0.05) is 5.16 Å². The van der Waals surface area contributed by atoms with Crippen LogP contribution in [0.1, 0.15) is 30.3 Å². The average Bonchev–Trinajstić information content (AvgIpc) is 3.07. The fraction of sp³-hybridized carbons (Fsp3) is 0.611. The van der Waals surface area contributed by atoms with Crippen LogP contribution < -0.4 is 10.5 Å². The molecule has 2 fully saturated rings. The van der Waals surface area contributed by atoms with Crippen LogP contribution in [0.3, 0.4) is 0 Å². The minimum absolute atomic E-state index is 0.0295. The number of morpholine rings is 1. The lowest BCUT2D eigenvalue weighted by molar-refractivity contribution is 0.122. The molecule has 2 aliphatic heterocycles. The van der Waals surface area contributed by atoms with Crippen molar-refractivity contribution in [3.8, 4) is 0 Å². The van der Waals surface area contributed by atoms with E-state index in [1.165, 1.54) is 0 Å². The zero-order chi connectivity index (χ0) is 17.9. The Morgan fingerprint density at radius 1 is 1.23 bits per heavy atom. The first-order valence-corrected chi connectivity index (χ1v) is 9.25. The van der Waals surface area contributed by atoms with Gasteiger partial charge in [-0.05, 0) is 26.3 Å². The van der Waals surface area contributed by atoms with Crippen LogP contribution >= 0.6 is 0 Å². The lowest BCUT2D eigenvalue weighted by Gasteiger charge is -2.33. The van der Waals surface area contributed by atoms with Gasteiger partial charge < -0.3 is 14.2 Å². The van der Waals surface area contributed by atoms with E-state index in [4.69, 9.17) is 9.26 Å². The van der Waals surface area contributed by atoms with Gasteiger partial charge >= 0.3 is 0 Å². The normalized spacial score (nSPS) is 21.9. The summed E-state index contributed by atoms with van der Waals surface area (Å²) in [6.45, 7) is 7.45. The van der Waals surface area contributed by atoms with Gasteiger partial charge in [0, 0.05) is 38.3 Å². The number of anilines is 1. The maximum atomic E-state index is 12.6. The topological polar surface area (TPSA) is 76.6 Å². The predicted molar refractivity (Wildman–Crippen MR) is 96.3 cm³/mol. The molecule has 0 saturated carbocycles. The van der Waals surface area contributed by atoms with Crippen molar-refractivity contribution in [2.75, 3.05) is 44.3 Å². The standard InChI is InChI=1S/C18H25N5O3/c1-14-9-15(20-26-14)12-21-4-2-3-16(13-21)23-18(24)10-17(11-19-23)22-5-7-25-8-6-22/h9-11,16H,2-8,12-13H2,1H3/t16-/m0/s1. The van der Waals surface area contributed by atoms with Crippen LogP contribution in [0.4, 0.5) is 5.69 Å². The van der Waals surface area contributed by atoms with E-state index >= 15 is 0 Å². The lowest BCUT2D eigenvalue weighted by Crippen LogP contribution is -2.41. The first kappa shape index (κ1) is 17.2. The molecule has 0 radical (unpaired) electrons. The number of rotatable bonds is 4. The van der Waals surface area contributed by atoms with Gasteiger partial charge in [-0.25, -0.2) is 4.68 Å². The first-order chi connectivity index (χ1) is 12.7. The summed E-state index contributed by atoms with van der Waals surface area (Å²) in [5, 5.41) is 8.56. The van der Waals surface area contributed by atoms with E-state index in [1.807, 2.05) is 19.2 Å². The molecule has 0 N–H and O–H groups in total. The van der Waals surface area contributed by atoms with Crippen molar-refractivity contribution in [3.05, 3.63) is 40.1 Å². The van der Waals surface area contributed by atoms with Crippen molar-refractivity contribution in [3.63, 3.8) is 0 Å². The lowest BCUT2D eigenvalue weighted by atomic mass is 10.1. The van der Waals surface area contributed by atoms with Gasteiger partial charge in [-0.3, -0.25) is 9.69 Å². The summed E-state index contributed by atoms with van der Waals surface area (Å²) in [4.78, 5) is 17.1. The molecule has 140 valence electrons. The quantitative estimate of drug-likeness (QED) is 0.812. The molecule has 4 rings (SSSR count). The second kappa shape index (κ2) is 7.59. The fourth-order valence-electron chi connectivity index (χ4n) is 3.77. The summed E-state index contributed by atoms with van der Waals surface area (Å²) in [5.74, 6) is 0.824. The molecule has 0 amide bonds. The molecular weight excluding hydrogens is 334 g/mol. The number of ether oxygens (including phenoxy) is 1. The van der Waals surface area contributed by atoms with Gasteiger partial charge in [-0.2, -0.15) is 5.10 Å². The second-order valence-corrected chi connectivity index (χ2v) is 7.06. The molecule has 0 bridgehead atoms. The average molecular weight is 359 g/mol. The van der Waals surface area contributed by atoms with Crippen LogP contribution in [0, 0.1) is 6.92 Å². The number of nitrogens with zero attached hydrogens (tertiary/aromatic N) is 5. The third-order valence-electron chi connectivity index (χ3n) is 5.08. The van der Waals surface area contributed by atoms with Gasteiger partial charge in [0.2, 0.25) is 0 Å². The van der Waals surface area contributed by atoms with Crippen molar-refractivity contribution in [1.82, 2.24) is 19.8 Å². The largest absolute Gasteiger partial charge is 0.378 e. The molecule has 2 aromatic heterocycles. The third kappa shape index (κ3) is 3.81. The Kier molecular flexibility index (Phi) is 5.03. The molecular formula is C18H25N5O3. The third-order valence-corrected chi connectivity index (χ3v) is 5.08. The van der Waals surface area contributed by atoms with E-state index < -0.39 is 0 Å². The second-order valence-electron chi connectivity index (χ2n) is 7.06. The Bertz CT molecular complexity index is 796. The summed E-state index contributed by atoms with van der Waals surface area (Å²) in [7, 11) is 0. The van der Waals surface area contributed by atoms with Crippen LogP contribution in [0.15, 0.2) is 27.6 Å². The molecule has 0 unspecified atom stereocenters. The zero-order valence-electron chi connectivity index (χ0n) is 15.1. The van der Waals surface area contributed by atoms with Gasteiger partial charge in [-0.15, -0.1) is 0 Å². The fourth-order valence-corrected chi connectivity index (χ4v) is 3.77. The van der Waals surface area contributed by atoms with Gasteiger partial charge in [0.15, 0.2) is 0 Å². The number of hydrogen-bond acceptors (Lipinski definition) is 7. The van der Waals surface area contributed by atoms with E-state index in [-0.39, 0.29) is 11.6 Å². The number of aryl methyl sites for hydroxylation is 1. The van der Waals surface area contributed by atoms with Gasteiger partial charge in [0.1, 0.15) is 5.76 Å². The molecule has 4 heterocycles. The summed E-state index contributed by atoms with van der Waals surface area (Å²) < 4.78 is 12.2. The molecule has 0 aliphatic carbocycles. The summed E-state index contributed by atoms with van der Waals surface area (Å²) in [5.41, 5.74) is 1.80. The Balaban J connectivity index is 1.45. The van der Waals surface area contributed by atoms with Crippen molar-refractivity contribution >= 4 is 5.69 Å². The van der Waals surface area contributed by atoms with Crippen molar-refractivity contribution < 1.29 is 9.26 Å². The Labute approximate surface area is 152 Å². The first-order valence-electron chi connectivity index (χ1n) is 9.25. The molecule has 8 heteroatoms. The summed E-state index contributed by atoms with van der Waals surface area (Å²) in [6.07, 6.45) is 3.83. The number of likely N-dealkylation sites (tertiary alicyclic amines) is 1. The molecule has 2 saturated heterocycles. The van der Waals surface area contributed by atoms with Gasteiger partial charge in [0.05, 0.1) is 36.8 Å². The van der Waals surface area contributed by atoms with Crippen LogP contribution in [0.5, 0.6) is 0 Å². The highest BCUT2D eigenvalue weighted by molar-refractivity contribution is 5.43. The van der Waals surface area contributed by atoms with Crippen LogP contribution in [-0.4, -0.2) is 59.2 Å². The molecule has 1 atom stereocenters. The highest BCUT2D eigenvalue weighted by Gasteiger charge is 2.24. The van der Waals surface area contributed by atoms with E-state index in [1.54, 1.807) is 10.7 Å². The molecule has 0 spiro atoms. The van der Waals surface area contributed by atoms with E-state index in [0.717, 1.165) is 62.7 Å². The van der Waals surface area contributed by atoms with Crippen LogP contribution in [-0.2, 0) is 11.3 Å². The van der Waals surface area contributed by atoms with E-state index in [9.17, 15) is 4.79 Å². The number of hydrogen-bond donors (Lipinski definition) is 0. The summed E-state index contributed by atoms with van der Waals surface area (Å²) >= 11 is 0. The van der Waals surface area contributed by atoms with Crippen LogP contribution in [0.2, 0.25) is 0 Å². The molecule has 0 aromatic carbocycles.